The van der Waals surface area contributed by atoms with Gasteiger partial charge in [0, 0.05) is 22.5 Å². The van der Waals surface area contributed by atoms with Crippen molar-refractivity contribution < 1.29 is 4.79 Å². The zero-order chi connectivity index (χ0) is 14.2. The van der Waals surface area contributed by atoms with Crippen molar-refractivity contribution in [1.29, 1.82) is 0 Å². The largest absolute Gasteiger partial charge is 0.350 e. The summed E-state index contributed by atoms with van der Waals surface area (Å²) < 4.78 is 0. The Bertz CT molecular complexity index is 528. The van der Waals surface area contributed by atoms with Gasteiger partial charge in [0.25, 0.3) is 0 Å². The minimum atomic E-state index is 0.0660. The Morgan fingerprint density at radius 1 is 1.35 bits per heavy atom. The van der Waals surface area contributed by atoms with Gasteiger partial charge in [-0.3, -0.25) is 4.79 Å². The third-order valence-corrected chi connectivity index (χ3v) is 4.01. The van der Waals surface area contributed by atoms with Crippen molar-refractivity contribution in [2.45, 2.75) is 24.3 Å². The zero-order valence-electron chi connectivity index (χ0n) is 10.9. The van der Waals surface area contributed by atoms with Crippen LogP contribution >= 0.6 is 23.4 Å². The summed E-state index contributed by atoms with van der Waals surface area (Å²) in [5, 5.41) is 3.60. The maximum absolute atomic E-state index is 11.6. The van der Waals surface area contributed by atoms with Crippen molar-refractivity contribution in [3.8, 4) is 0 Å². The average Bonchev–Trinajstić information content (AvgIpc) is 2.96. The van der Waals surface area contributed by atoms with E-state index in [1.807, 2.05) is 24.3 Å². The van der Waals surface area contributed by atoms with E-state index < -0.39 is 0 Å². The lowest BCUT2D eigenvalue weighted by Crippen LogP contribution is -2.22. The monoisotopic (exact) mass is 309 g/mol. The van der Waals surface area contributed by atoms with E-state index in [9.17, 15) is 4.79 Å². The van der Waals surface area contributed by atoms with Crippen LogP contribution in [0.2, 0.25) is 5.02 Å². The summed E-state index contributed by atoms with van der Waals surface area (Å²) in [6.45, 7) is 0.503. The van der Waals surface area contributed by atoms with Crippen molar-refractivity contribution >= 4 is 29.3 Å². The van der Waals surface area contributed by atoms with Crippen LogP contribution in [0.15, 0.2) is 41.7 Å². The number of rotatable bonds is 7. The Labute approximate surface area is 127 Å². The Morgan fingerprint density at radius 3 is 2.85 bits per heavy atom. The summed E-state index contributed by atoms with van der Waals surface area (Å²) in [4.78, 5) is 19.6. The molecule has 0 fully saturated rings. The van der Waals surface area contributed by atoms with Gasteiger partial charge >= 0.3 is 0 Å². The molecule has 0 unspecified atom stereocenters. The number of aromatic nitrogens is 2. The Kier molecular flexibility index (Phi) is 5.95. The van der Waals surface area contributed by atoms with E-state index in [0.29, 0.717) is 13.0 Å². The lowest BCUT2D eigenvalue weighted by Gasteiger charge is -2.04. The zero-order valence-corrected chi connectivity index (χ0v) is 12.5. The maximum Gasteiger partial charge on any atom is 0.220 e. The van der Waals surface area contributed by atoms with E-state index in [1.54, 1.807) is 24.3 Å². The number of nitrogens with one attached hydrogen (secondary N) is 2. The Balaban J connectivity index is 1.58. The third kappa shape index (κ3) is 5.27. The molecule has 0 radical (unpaired) electrons. The van der Waals surface area contributed by atoms with Crippen molar-refractivity contribution in [2.75, 3.05) is 5.75 Å². The number of benzene rings is 1. The summed E-state index contributed by atoms with van der Waals surface area (Å²) in [6.07, 6.45) is 4.69. The maximum atomic E-state index is 11.6. The fourth-order valence-electron chi connectivity index (χ4n) is 1.62. The normalized spacial score (nSPS) is 10.4. The van der Waals surface area contributed by atoms with Gasteiger partial charge in [0.1, 0.15) is 0 Å². The van der Waals surface area contributed by atoms with Gasteiger partial charge in [-0.05, 0) is 36.4 Å². The molecule has 20 heavy (non-hydrogen) atoms. The molecule has 2 N–H and O–H groups in total. The van der Waals surface area contributed by atoms with Crippen LogP contribution in [0.25, 0.3) is 0 Å². The van der Waals surface area contributed by atoms with E-state index in [0.717, 1.165) is 22.9 Å². The molecular formula is C14H16ClN3OS. The second kappa shape index (κ2) is 7.97. The highest BCUT2D eigenvalue weighted by atomic mass is 35.5. The number of thioether (sulfide) groups is 1. The molecule has 0 saturated carbocycles. The average molecular weight is 310 g/mol. The highest BCUT2D eigenvalue weighted by Crippen LogP contribution is 2.21. The number of amides is 1. The number of nitrogens with zero attached hydrogens (tertiary/aromatic N) is 1. The topological polar surface area (TPSA) is 57.8 Å². The number of halogens is 1. The van der Waals surface area contributed by atoms with Crippen LogP contribution in [0.4, 0.5) is 0 Å². The predicted molar refractivity (Wildman–Crippen MR) is 81.8 cm³/mol. The smallest absolute Gasteiger partial charge is 0.220 e. The van der Waals surface area contributed by atoms with E-state index in [-0.39, 0.29) is 5.91 Å². The molecule has 6 heteroatoms. The van der Waals surface area contributed by atoms with Gasteiger partial charge in [0.2, 0.25) is 5.91 Å². The molecule has 0 aliphatic rings. The molecule has 0 spiro atoms. The molecule has 1 amide bonds. The van der Waals surface area contributed by atoms with Gasteiger partial charge < -0.3 is 10.3 Å². The molecule has 1 aromatic heterocycles. The first kappa shape index (κ1) is 14.9. The predicted octanol–water partition coefficient (Wildman–Crippen LogP) is 3.25. The first-order chi connectivity index (χ1) is 9.74. The van der Waals surface area contributed by atoms with E-state index in [4.69, 9.17) is 11.6 Å². The summed E-state index contributed by atoms with van der Waals surface area (Å²) in [6, 6.07) is 7.73. The molecular weight excluding hydrogens is 294 g/mol. The number of hydrogen-bond donors (Lipinski definition) is 2. The molecule has 2 rings (SSSR count). The summed E-state index contributed by atoms with van der Waals surface area (Å²) >= 11 is 7.55. The number of hydrogen-bond acceptors (Lipinski definition) is 3. The fourth-order valence-corrected chi connectivity index (χ4v) is 2.60. The van der Waals surface area contributed by atoms with Crippen LogP contribution in [-0.4, -0.2) is 21.6 Å². The second-order valence-electron chi connectivity index (χ2n) is 4.26. The molecule has 2 aromatic rings. The molecule has 106 valence electrons. The number of aromatic amines is 1. The van der Waals surface area contributed by atoms with Gasteiger partial charge in [0.15, 0.2) is 0 Å². The highest BCUT2D eigenvalue weighted by Gasteiger charge is 2.02. The van der Waals surface area contributed by atoms with Crippen molar-refractivity contribution in [3.05, 3.63) is 47.5 Å². The minimum Gasteiger partial charge on any atom is -0.350 e. The number of H-pyrrole nitrogens is 1. The van der Waals surface area contributed by atoms with E-state index in [1.165, 1.54) is 4.90 Å². The van der Waals surface area contributed by atoms with Crippen LogP contribution in [-0.2, 0) is 11.3 Å². The van der Waals surface area contributed by atoms with Crippen LogP contribution in [0.3, 0.4) is 0 Å². The molecule has 0 atom stereocenters. The first-order valence-electron chi connectivity index (χ1n) is 6.36. The van der Waals surface area contributed by atoms with Crippen molar-refractivity contribution in [2.24, 2.45) is 0 Å². The third-order valence-electron chi connectivity index (χ3n) is 2.66. The lowest BCUT2D eigenvalue weighted by atomic mass is 10.3. The van der Waals surface area contributed by atoms with Crippen LogP contribution in [0.5, 0.6) is 0 Å². The summed E-state index contributed by atoms with van der Waals surface area (Å²) in [5.74, 6) is 0.982. The van der Waals surface area contributed by atoms with Gasteiger partial charge in [-0.25, -0.2) is 4.98 Å². The molecule has 1 aromatic carbocycles. The second-order valence-corrected chi connectivity index (χ2v) is 5.86. The van der Waals surface area contributed by atoms with Crippen molar-refractivity contribution in [1.82, 2.24) is 15.3 Å². The molecule has 0 aliphatic heterocycles. The van der Waals surface area contributed by atoms with Crippen LogP contribution in [0, 0.1) is 0 Å². The number of carbonyl (C=O) groups excluding carboxylic acids is 1. The van der Waals surface area contributed by atoms with Gasteiger partial charge in [0.05, 0.1) is 18.6 Å². The van der Waals surface area contributed by atoms with Crippen LogP contribution in [0.1, 0.15) is 18.5 Å². The standard InChI is InChI=1S/C14H16ClN3OS/c15-11-3-5-13(6-4-11)20-7-1-2-14(19)17-9-12-8-16-10-18-12/h3-6,8,10H,1-2,7,9H2,(H,16,18)(H,17,19). The Hall–Kier alpha value is -1.46. The quantitative estimate of drug-likeness (QED) is 0.610. The van der Waals surface area contributed by atoms with Crippen molar-refractivity contribution in [3.63, 3.8) is 0 Å². The van der Waals surface area contributed by atoms with Crippen LogP contribution < -0.4 is 5.32 Å². The fraction of sp³-hybridized carbons (Fsp3) is 0.286. The SMILES string of the molecule is O=C(CCCSc1ccc(Cl)cc1)NCc1cnc[nH]1. The summed E-state index contributed by atoms with van der Waals surface area (Å²) in [5.41, 5.74) is 0.911. The molecule has 0 bridgehead atoms. The molecule has 1 heterocycles. The number of imidazole rings is 1. The van der Waals surface area contributed by atoms with Gasteiger partial charge in [-0.15, -0.1) is 11.8 Å². The van der Waals surface area contributed by atoms with Gasteiger partial charge in [-0.2, -0.15) is 0 Å². The van der Waals surface area contributed by atoms with E-state index >= 15 is 0 Å². The van der Waals surface area contributed by atoms with Gasteiger partial charge in [-0.1, -0.05) is 11.6 Å². The number of carbonyl (C=O) groups is 1. The lowest BCUT2D eigenvalue weighted by molar-refractivity contribution is -0.121. The molecule has 0 saturated heterocycles. The van der Waals surface area contributed by atoms with E-state index in [2.05, 4.69) is 15.3 Å². The summed E-state index contributed by atoms with van der Waals surface area (Å²) in [7, 11) is 0. The molecule has 0 aliphatic carbocycles. The minimum absolute atomic E-state index is 0.0660. The first-order valence-corrected chi connectivity index (χ1v) is 7.73. The Morgan fingerprint density at radius 2 is 2.15 bits per heavy atom. The molecule has 4 nitrogen and oxygen atoms in total. The highest BCUT2D eigenvalue weighted by molar-refractivity contribution is 7.99.